The first kappa shape index (κ1) is 16.7. The zero-order valence-electron chi connectivity index (χ0n) is 9.53. The van der Waals surface area contributed by atoms with Crippen molar-refractivity contribution in [2.24, 2.45) is 5.73 Å². The molecule has 1 aromatic rings. The van der Waals surface area contributed by atoms with E-state index in [0.29, 0.717) is 0 Å². The number of methoxy groups -OCH3 is 1. The molecule has 2 N–H and O–H groups in total. The summed E-state index contributed by atoms with van der Waals surface area (Å²) in [7, 11) is 1.14. The lowest BCUT2D eigenvalue weighted by atomic mass is 10.0. The van der Waals surface area contributed by atoms with Gasteiger partial charge >= 0.3 is 12.1 Å². The van der Waals surface area contributed by atoms with Gasteiger partial charge < -0.3 is 10.5 Å². The summed E-state index contributed by atoms with van der Waals surface area (Å²) >= 11 is 0. The van der Waals surface area contributed by atoms with Gasteiger partial charge in [0.1, 0.15) is 6.04 Å². The second-order valence-corrected chi connectivity index (χ2v) is 3.49. The van der Waals surface area contributed by atoms with Crippen LogP contribution in [0.2, 0.25) is 0 Å². The molecule has 0 bridgehead atoms. The molecule has 1 aromatic carbocycles. The van der Waals surface area contributed by atoms with E-state index in [1.54, 1.807) is 0 Å². The Labute approximate surface area is 109 Å². The summed E-state index contributed by atoms with van der Waals surface area (Å²) in [6.07, 6.45) is -4.66. The van der Waals surface area contributed by atoms with E-state index < -0.39 is 23.8 Å². The van der Waals surface area contributed by atoms with E-state index in [1.165, 1.54) is 18.2 Å². The van der Waals surface area contributed by atoms with E-state index >= 15 is 0 Å². The molecule has 1 rings (SSSR count). The molecule has 18 heavy (non-hydrogen) atoms. The van der Waals surface area contributed by atoms with Crippen molar-refractivity contribution in [2.75, 3.05) is 7.11 Å². The number of carbonyl (C=O) groups excluding carboxylic acids is 1. The second-order valence-electron chi connectivity index (χ2n) is 3.49. The Bertz CT molecular complexity index is 410. The standard InChI is InChI=1S/C11H12F3NO2.ClH/c1-17-10(16)9(15)6-7-4-2-3-5-8(7)11(12,13)14;/h2-5,9H,6,15H2,1H3;1H. The van der Waals surface area contributed by atoms with Gasteiger partial charge in [-0.2, -0.15) is 13.2 Å². The fourth-order valence-corrected chi connectivity index (χ4v) is 1.45. The second kappa shape index (κ2) is 6.61. The third-order valence-corrected chi connectivity index (χ3v) is 2.27. The largest absolute Gasteiger partial charge is 0.468 e. The minimum Gasteiger partial charge on any atom is -0.468 e. The van der Waals surface area contributed by atoms with Crippen LogP contribution in [-0.4, -0.2) is 19.1 Å². The van der Waals surface area contributed by atoms with Crippen molar-refractivity contribution in [3.8, 4) is 0 Å². The lowest BCUT2D eigenvalue weighted by Crippen LogP contribution is -2.34. The molecule has 0 heterocycles. The molecule has 0 radical (unpaired) electrons. The van der Waals surface area contributed by atoms with Gasteiger partial charge in [-0.1, -0.05) is 18.2 Å². The fourth-order valence-electron chi connectivity index (χ4n) is 1.45. The molecule has 3 nitrogen and oxygen atoms in total. The first-order valence-electron chi connectivity index (χ1n) is 4.84. The molecule has 0 aliphatic rings. The van der Waals surface area contributed by atoms with Crippen LogP contribution in [0.15, 0.2) is 24.3 Å². The first-order valence-corrected chi connectivity index (χ1v) is 4.84. The highest BCUT2D eigenvalue weighted by atomic mass is 35.5. The third-order valence-electron chi connectivity index (χ3n) is 2.27. The minimum absolute atomic E-state index is 0. The lowest BCUT2D eigenvalue weighted by molar-refractivity contribution is -0.143. The topological polar surface area (TPSA) is 52.3 Å². The minimum atomic E-state index is -4.45. The number of hydrogen-bond donors (Lipinski definition) is 1. The van der Waals surface area contributed by atoms with E-state index in [0.717, 1.165) is 13.2 Å². The summed E-state index contributed by atoms with van der Waals surface area (Å²) in [5.41, 5.74) is 4.64. The molecule has 7 heteroatoms. The summed E-state index contributed by atoms with van der Waals surface area (Å²) in [5.74, 6) is -0.734. The molecule has 1 atom stereocenters. The summed E-state index contributed by atoms with van der Waals surface area (Å²) in [6.45, 7) is 0. The Balaban J connectivity index is 0.00000289. The molecule has 0 aliphatic heterocycles. The summed E-state index contributed by atoms with van der Waals surface area (Å²) in [6, 6.07) is 3.92. The number of rotatable bonds is 3. The summed E-state index contributed by atoms with van der Waals surface area (Å²) in [4.78, 5) is 11.0. The maximum absolute atomic E-state index is 12.6. The van der Waals surface area contributed by atoms with Crippen LogP contribution in [-0.2, 0) is 22.1 Å². The number of benzene rings is 1. The van der Waals surface area contributed by atoms with Crippen molar-refractivity contribution in [1.82, 2.24) is 0 Å². The van der Waals surface area contributed by atoms with Crippen LogP contribution in [0.5, 0.6) is 0 Å². The van der Waals surface area contributed by atoms with Crippen LogP contribution in [0.25, 0.3) is 0 Å². The number of nitrogens with two attached hydrogens (primary N) is 1. The van der Waals surface area contributed by atoms with E-state index in [1.807, 2.05) is 0 Å². The van der Waals surface area contributed by atoms with Gasteiger partial charge in [0.2, 0.25) is 0 Å². The van der Waals surface area contributed by atoms with Gasteiger partial charge in [-0.15, -0.1) is 12.4 Å². The Morgan fingerprint density at radius 3 is 2.44 bits per heavy atom. The highest BCUT2D eigenvalue weighted by Crippen LogP contribution is 2.32. The molecular weight excluding hydrogens is 271 g/mol. The van der Waals surface area contributed by atoms with E-state index in [-0.39, 0.29) is 24.4 Å². The number of esters is 1. The smallest absolute Gasteiger partial charge is 0.416 e. The first-order chi connectivity index (χ1) is 7.86. The molecule has 0 aliphatic carbocycles. The quantitative estimate of drug-likeness (QED) is 0.865. The maximum atomic E-state index is 12.6. The Morgan fingerprint density at radius 2 is 1.94 bits per heavy atom. The van der Waals surface area contributed by atoms with Crippen molar-refractivity contribution in [3.63, 3.8) is 0 Å². The van der Waals surface area contributed by atoms with E-state index in [9.17, 15) is 18.0 Å². The Morgan fingerprint density at radius 1 is 1.39 bits per heavy atom. The number of ether oxygens (including phenoxy) is 1. The van der Waals surface area contributed by atoms with Gasteiger partial charge in [0, 0.05) is 0 Å². The molecular formula is C11H13ClF3NO2. The molecule has 0 amide bonds. The Kier molecular flexibility index (Phi) is 6.14. The Hall–Kier alpha value is -1.27. The highest BCUT2D eigenvalue weighted by molar-refractivity contribution is 5.85. The third kappa shape index (κ3) is 4.19. The zero-order valence-corrected chi connectivity index (χ0v) is 10.3. The zero-order chi connectivity index (χ0) is 13.1. The van der Waals surface area contributed by atoms with E-state index in [2.05, 4.69) is 4.74 Å². The van der Waals surface area contributed by atoms with Gasteiger partial charge in [-0.05, 0) is 18.1 Å². The molecule has 1 unspecified atom stereocenters. The molecule has 0 saturated carbocycles. The SMILES string of the molecule is COC(=O)C(N)Cc1ccccc1C(F)(F)F.Cl. The average Bonchev–Trinajstić information content (AvgIpc) is 2.27. The number of hydrogen-bond acceptors (Lipinski definition) is 3. The highest BCUT2D eigenvalue weighted by Gasteiger charge is 2.33. The molecule has 0 spiro atoms. The molecule has 0 fully saturated rings. The van der Waals surface area contributed by atoms with Crippen molar-refractivity contribution in [2.45, 2.75) is 18.6 Å². The van der Waals surface area contributed by atoms with E-state index in [4.69, 9.17) is 5.73 Å². The van der Waals surface area contributed by atoms with Crippen LogP contribution in [0, 0.1) is 0 Å². The van der Waals surface area contributed by atoms with Crippen LogP contribution in [0.1, 0.15) is 11.1 Å². The maximum Gasteiger partial charge on any atom is 0.416 e. The number of alkyl halides is 3. The van der Waals surface area contributed by atoms with Gasteiger partial charge in [0.05, 0.1) is 12.7 Å². The van der Waals surface area contributed by atoms with Gasteiger partial charge in [0.25, 0.3) is 0 Å². The number of carbonyl (C=O) groups is 1. The molecule has 102 valence electrons. The summed E-state index contributed by atoms with van der Waals surface area (Å²) in [5, 5.41) is 0. The predicted octanol–water partition coefficient (Wildman–Crippen LogP) is 2.17. The van der Waals surface area contributed by atoms with Crippen LogP contribution >= 0.6 is 12.4 Å². The van der Waals surface area contributed by atoms with Crippen LogP contribution < -0.4 is 5.73 Å². The fraction of sp³-hybridized carbons (Fsp3) is 0.364. The van der Waals surface area contributed by atoms with Gasteiger partial charge in [-0.3, -0.25) is 4.79 Å². The van der Waals surface area contributed by atoms with Crippen LogP contribution in [0.4, 0.5) is 13.2 Å². The monoisotopic (exact) mass is 283 g/mol. The molecule has 0 saturated heterocycles. The average molecular weight is 284 g/mol. The number of halogens is 4. The lowest BCUT2D eigenvalue weighted by Gasteiger charge is -2.15. The normalized spacial score (nSPS) is 12.5. The molecule has 0 aromatic heterocycles. The summed E-state index contributed by atoms with van der Waals surface area (Å²) < 4.78 is 42.2. The van der Waals surface area contributed by atoms with Gasteiger partial charge in [0.15, 0.2) is 0 Å². The van der Waals surface area contributed by atoms with Crippen LogP contribution in [0.3, 0.4) is 0 Å². The van der Waals surface area contributed by atoms with Crippen molar-refractivity contribution in [3.05, 3.63) is 35.4 Å². The van der Waals surface area contributed by atoms with Gasteiger partial charge in [-0.25, -0.2) is 0 Å². The van der Waals surface area contributed by atoms with Crippen molar-refractivity contribution < 1.29 is 22.7 Å². The van der Waals surface area contributed by atoms with Crippen molar-refractivity contribution >= 4 is 18.4 Å². The predicted molar refractivity (Wildman–Crippen MR) is 62.4 cm³/mol. The van der Waals surface area contributed by atoms with Crippen molar-refractivity contribution in [1.29, 1.82) is 0 Å².